The predicted octanol–water partition coefficient (Wildman–Crippen LogP) is 8.09. The molecule has 2 amide bonds. The highest BCUT2D eigenvalue weighted by atomic mass is 35.5. The van der Waals surface area contributed by atoms with Gasteiger partial charge in [-0.1, -0.05) is 71.2 Å². The number of allylic oxidation sites excluding steroid dienone is 1. The Morgan fingerprint density at radius 1 is 0.725 bits per heavy atom. The van der Waals surface area contributed by atoms with E-state index >= 15 is 0 Å². The highest BCUT2D eigenvalue weighted by molar-refractivity contribution is 6.43. The molecule has 40 heavy (non-hydrogen) atoms. The van der Waals surface area contributed by atoms with Crippen LogP contribution in [0, 0.1) is 5.82 Å². The van der Waals surface area contributed by atoms with Gasteiger partial charge in [-0.25, -0.2) is 4.39 Å². The molecule has 9 heteroatoms. The van der Waals surface area contributed by atoms with Crippen LogP contribution in [0.5, 0.6) is 0 Å². The lowest BCUT2D eigenvalue weighted by Gasteiger charge is -2.12. The van der Waals surface area contributed by atoms with Crippen LogP contribution in [0.25, 0.3) is 12.2 Å². The molecule has 0 heterocycles. The van der Waals surface area contributed by atoms with Crippen molar-refractivity contribution in [2.24, 2.45) is 0 Å². The highest BCUT2D eigenvalue weighted by Gasteiger charge is 2.17. The monoisotopic (exact) mass is 592 g/mol. The summed E-state index contributed by atoms with van der Waals surface area (Å²) in [5.41, 5.74) is 1.30. The van der Waals surface area contributed by atoms with E-state index in [-0.39, 0.29) is 22.1 Å². The molecule has 0 saturated heterocycles. The van der Waals surface area contributed by atoms with Gasteiger partial charge in [0, 0.05) is 22.4 Å². The molecule has 0 radical (unpaired) electrons. The lowest BCUT2D eigenvalue weighted by molar-refractivity contribution is -0.113. The minimum atomic E-state index is -0.724. The first kappa shape index (κ1) is 28.8. The van der Waals surface area contributed by atoms with E-state index in [9.17, 15) is 18.8 Å². The SMILES string of the molecule is O=C(Nc1ccc(C(=O)/C=C/c2cccc(Cl)c2Cl)cc1)/C(=C/c1c(F)cccc1Cl)NC(=O)c1ccccc1. The minimum Gasteiger partial charge on any atom is -0.321 e. The molecule has 4 aromatic rings. The molecular weight excluding hydrogens is 574 g/mol. The molecule has 0 unspecified atom stereocenters. The normalized spacial score (nSPS) is 11.3. The topological polar surface area (TPSA) is 75.3 Å². The van der Waals surface area contributed by atoms with Gasteiger partial charge in [-0.3, -0.25) is 14.4 Å². The van der Waals surface area contributed by atoms with Crippen molar-refractivity contribution in [3.05, 3.63) is 146 Å². The predicted molar refractivity (Wildman–Crippen MR) is 158 cm³/mol. The van der Waals surface area contributed by atoms with E-state index in [0.717, 1.165) is 6.08 Å². The summed E-state index contributed by atoms with van der Waals surface area (Å²) in [7, 11) is 0. The fraction of sp³-hybridized carbons (Fsp3) is 0. The van der Waals surface area contributed by atoms with Gasteiger partial charge in [0.2, 0.25) is 0 Å². The first-order valence-corrected chi connectivity index (χ1v) is 13.0. The summed E-state index contributed by atoms with van der Waals surface area (Å²) in [4.78, 5) is 38.6. The lowest BCUT2D eigenvalue weighted by atomic mass is 10.1. The molecule has 0 atom stereocenters. The highest BCUT2D eigenvalue weighted by Crippen LogP contribution is 2.27. The van der Waals surface area contributed by atoms with Crippen molar-refractivity contribution in [3.8, 4) is 0 Å². The second-order valence-electron chi connectivity index (χ2n) is 8.39. The molecule has 4 aromatic carbocycles. The maximum Gasteiger partial charge on any atom is 0.272 e. The number of amides is 2. The second-order valence-corrected chi connectivity index (χ2v) is 9.58. The Morgan fingerprint density at radius 2 is 1.40 bits per heavy atom. The van der Waals surface area contributed by atoms with Gasteiger partial charge < -0.3 is 10.6 Å². The zero-order valence-corrected chi connectivity index (χ0v) is 22.9. The van der Waals surface area contributed by atoms with Crippen molar-refractivity contribution in [2.45, 2.75) is 0 Å². The van der Waals surface area contributed by atoms with Crippen LogP contribution in [0.1, 0.15) is 31.8 Å². The van der Waals surface area contributed by atoms with Crippen molar-refractivity contribution < 1.29 is 18.8 Å². The number of rotatable bonds is 8. The third kappa shape index (κ3) is 7.24. The molecular formula is C31H20Cl3FN2O3. The van der Waals surface area contributed by atoms with Gasteiger partial charge in [0.05, 0.1) is 15.1 Å². The number of hydrogen-bond donors (Lipinski definition) is 2. The molecule has 2 N–H and O–H groups in total. The molecule has 0 saturated carbocycles. The number of hydrogen-bond acceptors (Lipinski definition) is 3. The average Bonchev–Trinajstić information content (AvgIpc) is 2.95. The Hall–Kier alpha value is -4.23. The van der Waals surface area contributed by atoms with Crippen LogP contribution in [0.3, 0.4) is 0 Å². The summed E-state index contributed by atoms with van der Waals surface area (Å²) < 4.78 is 14.5. The molecule has 5 nitrogen and oxygen atoms in total. The Kier molecular flexibility index (Phi) is 9.51. The van der Waals surface area contributed by atoms with Gasteiger partial charge in [-0.2, -0.15) is 0 Å². The van der Waals surface area contributed by atoms with Crippen molar-refractivity contribution >= 4 is 70.2 Å². The molecule has 0 aliphatic rings. The molecule has 0 aromatic heterocycles. The zero-order chi connectivity index (χ0) is 28.6. The summed E-state index contributed by atoms with van der Waals surface area (Å²) in [6, 6.07) is 23.5. The summed E-state index contributed by atoms with van der Waals surface area (Å²) >= 11 is 18.3. The van der Waals surface area contributed by atoms with E-state index < -0.39 is 17.6 Å². The van der Waals surface area contributed by atoms with Crippen LogP contribution in [0.2, 0.25) is 15.1 Å². The summed E-state index contributed by atoms with van der Waals surface area (Å²) in [6.45, 7) is 0. The molecule has 0 spiro atoms. The van der Waals surface area contributed by atoms with E-state index in [0.29, 0.717) is 32.4 Å². The van der Waals surface area contributed by atoms with Crippen LogP contribution in [-0.4, -0.2) is 17.6 Å². The number of halogens is 4. The maximum absolute atomic E-state index is 14.5. The van der Waals surface area contributed by atoms with Crippen LogP contribution in [0.4, 0.5) is 10.1 Å². The number of carbonyl (C=O) groups is 3. The Labute approximate surface area is 244 Å². The second kappa shape index (κ2) is 13.2. The maximum atomic E-state index is 14.5. The van der Waals surface area contributed by atoms with Crippen LogP contribution >= 0.6 is 34.8 Å². The Bertz CT molecular complexity index is 1620. The van der Waals surface area contributed by atoms with E-state index in [2.05, 4.69) is 10.6 Å². The summed E-state index contributed by atoms with van der Waals surface area (Å²) in [5.74, 6) is -2.25. The Balaban J connectivity index is 1.53. The van der Waals surface area contributed by atoms with Gasteiger partial charge in [-0.05, 0) is 78.4 Å². The summed E-state index contributed by atoms with van der Waals surface area (Å²) in [5, 5.41) is 5.95. The molecule has 0 fully saturated rings. The average molecular weight is 594 g/mol. The van der Waals surface area contributed by atoms with Gasteiger partial charge in [0.25, 0.3) is 11.8 Å². The van der Waals surface area contributed by atoms with E-state index in [1.54, 1.807) is 54.6 Å². The zero-order valence-electron chi connectivity index (χ0n) is 20.6. The fourth-order valence-electron chi connectivity index (χ4n) is 3.56. The quantitative estimate of drug-likeness (QED) is 0.160. The van der Waals surface area contributed by atoms with Crippen LogP contribution in [0.15, 0.2) is 103 Å². The molecule has 0 aliphatic carbocycles. The van der Waals surface area contributed by atoms with Gasteiger partial charge in [0.1, 0.15) is 11.5 Å². The van der Waals surface area contributed by atoms with Crippen molar-refractivity contribution in [3.63, 3.8) is 0 Å². The molecule has 0 bridgehead atoms. The molecule has 4 rings (SSSR count). The Morgan fingerprint density at radius 3 is 2.10 bits per heavy atom. The molecule has 200 valence electrons. The number of nitrogens with one attached hydrogen (secondary N) is 2. The van der Waals surface area contributed by atoms with E-state index in [4.69, 9.17) is 34.8 Å². The van der Waals surface area contributed by atoms with Crippen LogP contribution < -0.4 is 10.6 Å². The number of ketones is 1. The van der Waals surface area contributed by atoms with Gasteiger partial charge in [0.15, 0.2) is 5.78 Å². The fourth-order valence-corrected chi connectivity index (χ4v) is 4.15. The standard InChI is InChI=1S/C31H20Cl3FN2O3/c32-24-9-5-11-26(35)23(24)18-27(37-30(39)21-6-2-1-3-7-21)31(40)36-22-15-12-19(13-16-22)28(38)17-14-20-8-4-10-25(33)29(20)34/h1-18H,(H,36,40)(H,37,39)/b17-14+,27-18-. The molecule has 0 aliphatic heterocycles. The van der Waals surface area contributed by atoms with E-state index in [1.807, 2.05) is 0 Å². The number of carbonyl (C=O) groups excluding carboxylic acids is 3. The summed E-state index contributed by atoms with van der Waals surface area (Å²) in [6.07, 6.45) is 4.09. The minimum absolute atomic E-state index is 0.0600. The van der Waals surface area contributed by atoms with E-state index in [1.165, 1.54) is 48.5 Å². The van der Waals surface area contributed by atoms with Crippen molar-refractivity contribution in [2.75, 3.05) is 5.32 Å². The third-order valence-corrected chi connectivity index (χ3v) is 6.80. The number of benzene rings is 4. The third-order valence-electron chi connectivity index (χ3n) is 5.64. The first-order valence-electron chi connectivity index (χ1n) is 11.8. The van der Waals surface area contributed by atoms with Crippen molar-refractivity contribution in [1.29, 1.82) is 0 Å². The largest absolute Gasteiger partial charge is 0.321 e. The lowest BCUT2D eigenvalue weighted by Crippen LogP contribution is -2.30. The van der Waals surface area contributed by atoms with Gasteiger partial charge in [-0.15, -0.1) is 0 Å². The van der Waals surface area contributed by atoms with Crippen LogP contribution in [-0.2, 0) is 4.79 Å². The number of anilines is 1. The first-order chi connectivity index (χ1) is 19.2. The smallest absolute Gasteiger partial charge is 0.272 e. The van der Waals surface area contributed by atoms with Crippen molar-refractivity contribution in [1.82, 2.24) is 5.32 Å². The van der Waals surface area contributed by atoms with Gasteiger partial charge >= 0.3 is 0 Å².